The summed E-state index contributed by atoms with van der Waals surface area (Å²) >= 11 is 0. The molecule has 0 bridgehead atoms. The zero-order valence-corrected chi connectivity index (χ0v) is 23.5. The maximum Gasteiger partial charge on any atom is 0.309 e. The Morgan fingerprint density at radius 1 is 1.15 bits per heavy atom. The average Bonchev–Trinajstić information content (AvgIpc) is 3.34. The van der Waals surface area contributed by atoms with Crippen LogP contribution in [0.25, 0.3) is 11.1 Å². The molecule has 3 heterocycles. The SMILES string of the molecule is CCOc1cc(CN2CC3(CC(N4CCC(C)(C(=O)O)CC4)=NO3)C2)cc(C2CC(F)(F)C2)c1-c1ccc(F)cc1. The first kappa shape index (κ1) is 27.9. The number of halogens is 3. The van der Waals surface area contributed by atoms with Gasteiger partial charge >= 0.3 is 5.97 Å². The van der Waals surface area contributed by atoms with Gasteiger partial charge in [-0.25, -0.2) is 13.2 Å². The zero-order valence-electron chi connectivity index (χ0n) is 23.5. The molecule has 2 saturated heterocycles. The molecule has 2 aromatic rings. The lowest BCUT2D eigenvalue weighted by atomic mass is 9.73. The average molecular weight is 572 g/mol. The Hall–Kier alpha value is -3.27. The molecule has 2 aromatic carbocycles. The van der Waals surface area contributed by atoms with Gasteiger partial charge in [-0.15, -0.1) is 0 Å². The van der Waals surface area contributed by atoms with Crippen LogP contribution in [0.3, 0.4) is 0 Å². The Bertz CT molecular complexity index is 1340. The number of carboxylic acid groups (broad SMARTS) is 1. The van der Waals surface area contributed by atoms with Crippen LogP contribution in [-0.2, 0) is 16.2 Å². The Balaban J connectivity index is 1.15. The number of amidine groups is 1. The predicted octanol–water partition coefficient (Wildman–Crippen LogP) is 5.88. The molecule has 1 N–H and O–H groups in total. The third-order valence-electron chi connectivity index (χ3n) is 9.16. The van der Waals surface area contributed by atoms with Crippen LogP contribution in [0.4, 0.5) is 13.2 Å². The molecular weight excluding hydrogens is 535 g/mol. The largest absolute Gasteiger partial charge is 0.493 e. The van der Waals surface area contributed by atoms with E-state index in [-0.39, 0.29) is 24.6 Å². The standard InChI is InChI=1S/C31H36F3N3O4/c1-3-40-25-13-20(12-24(22-14-31(33,34)15-22)27(25)21-4-6-23(32)7-5-21)17-36-18-30(19-36)16-26(35-41-30)37-10-8-29(2,9-11-37)28(38)39/h4-7,12-13,22H,3,8-11,14-19H2,1-2H3,(H,38,39). The highest BCUT2D eigenvalue weighted by Crippen LogP contribution is 2.52. The Morgan fingerprint density at radius 2 is 1.83 bits per heavy atom. The highest BCUT2D eigenvalue weighted by molar-refractivity contribution is 5.85. The number of alkyl halides is 2. The van der Waals surface area contributed by atoms with E-state index in [0.717, 1.165) is 28.1 Å². The van der Waals surface area contributed by atoms with Gasteiger partial charge in [0, 0.05) is 51.1 Å². The molecular formula is C31H36F3N3O4. The van der Waals surface area contributed by atoms with E-state index in [4.69, 9.17) is 9.57 Å². The fraction of sp³-hybridized carbons (Fsp3) is 0.548. The first-order chi connectivity index (χ1) is 19.5. The number of hydrogen-bond acceptors (Lipinski definition) is 6. The first-order valence-electron chi connectivity index (χ1n) is 14.4. The maximum absolute atomic E-state index is 13.9. The smallest absolute Gasteiger partial charge is 0.309 e. The normalized spacial score (nSPS) is 23.0. The first-order valence-corrected chi connectivity index (χ1v) is 14.4. The number of ether oxygens (including phenoxy) is 1. The van der Waals surface area contributed by atoms with Crippen LogP contribution >= 0.6 is 0 Å². The highest BCUT2D eigenvalue weighted by Gasteiger charge is 2.52. The molecule has 0 aromatic heterocycles. The van der Waals surface area contributed by atoms with Crippen molar-refractivity contribution >= 4 is 11.8 Å². The fourth-order valence-electron chi connectivity index (χ4n) is 6.64. The van der Waals surface area contributed by atoms with Crippen molar-refractivity contribution < 1.29 is 32.6 Å². The number of carbonyl (C=O) groups is 1. The van der Waals surface area contributed by atoms with Crippen LogP contribution in [0, 0.1) is 11.2 Å². The number of piperidine rings is 1. The van der Waals surface area contributed by atoms with E-state index >= 15 is 0 Å². The molecule has 0 atom stereocenters. The Labute approximate surface area is 237 Å². The second-order valence-electron chi connectivity index (χ2n) is 12.4. The number of carboxylic acids is 1. The van der Waals surface area contributed by atoms with E-state index in [1.165, 1.54) is 12.1 Å². The minimum absolute atomic E-state index is 0.209. The molecule has 1 aliphatic carbocycles. The van der Waals surface area contributed by atoms with Crippen LogP contribution in [0.1, 0.15) is 63.0 Å². The predicted molar refractivity (Wildman–Crippen MR) is 148 cm³/mol. The summed E-state index contributed by atoms with van der Waals surface area (Å²) in [5.41, 5.74) is 2.22. The number of rotatable bonds is 7. The lowest BCUT2D eigenvalue weighted by Crippen LogP contribution is -2.61. The molecule has 0 unspecified atom stereocenters. The molecule has 1 spiro atoms. The van der Waals surface area contributed by atoms with Crippen molar-refractivity contribution in [2.24, 2.45) is 10.6 Å². The summed E-state index contributed by atoms with van der Waals surface area (Å²) in [6.45, 7) is 7.37. The van der Waals surface area contributed by atoms with Gasteiger partial charge in [-0.3, -0.25) is 9.69 Å². The second kappa shape index (κ2) is 10.2. The molecule has 7 nitrogen and oxygen atoms in total. The van der Waals surface area contributed by atoms with Gasteiger partial charge < -0.3 is 19.6 Å². The van der Waals surface area contributed by atoms with Crippen LogP contribution in [0.5, 0.6) is 5.75 Å². The lowest BCUT2D eigenvalue weighted by Gasteiger charge is -2.46. The summed E-state index contributed by atoms with van der Waals surface area (Å²) in [5, 5.41) is 13.9. The van der Waals surface area contributed by atoms with E-state index < -0.39 is 22.9 Å². The molecule has 220 valence electrons. The van der Waals surface area contributed by atoms with Crippen LogP contribution in [-0.4, -0.2) is 71.0 Å². The number of likely N-dealkylation sites (tertiary alicyclic amines) is 2. The van der Waals surface area contributed by atoms with Crippen molar-refractivity contribution in [3.8, 4) is 16.9 Å². The van der Waals surface area contributed by atoms with Crippen molar-refractivity contribution in [3.05, 3.63) is 53.3 Å². The van der Waals surface area contributed by atoms with Crippen LogP contribution in [0.2, 0.25) is 0 Å². The molecule has 10 heteroatoms. The maximum atomic E-state index is 13.9. The molecule has 41 heavy (non-hydrogen) atoms. The third-order valence-corrected chi connectivity index (χ3v) is 9.16. The Kier molecular flexibility index (Phi) is 6.95. The molecule has 3 aliphatic heterocycles. The van der Waals surface area contributed by atoms with E-state index in [1.807, 2.05) is 19.1 Å². The van der Waals surface area contributed by atoms with Crippen molar-refractivity contribution in [3.63, 3.8) is 0 Å². The van der Waals surface area contributed by atoms with Gasteiger partial charge in [0.05, 0.1) is 18.4 Å². The number of nitrogens with zero attached hydrogens (tertiary/aromatic N) is 3. The minimum atomic E-state index is -2.67. The van der Waals surface area contributed by atoms with E-state index in [1.54, 1.807) is 19.1 Å². The zero-order chi connectivity index (χ0) is 29.0. The van der Waals surface area contributed by atoms with Crippen LogP contribution < -0.4 is 4.74 Å². The van der Waals surface area contributed by atoms with Crippen molar-refractivity contribution in [2.45, 2.75) is 69.9 Å². The van der Waals surface area contributed by atoms with Crippen molar-refractivity contribution in [2.75, 3.05) is 32.8 Å². The fourth-order valence-corrected chi connectivity index (χ4v) is 6.64. The van der Waals surface area contributed by atoms with Gasteiger partial charge in [-0.1, -0.05) is 23.4 Å². The van der Waals surface area contributed by atoms with Gasteiger partial charge in [0.25, 0.3) is 0 Å². The molecule has 0 radical (unpaired) electrons. The molecule has 3 fully saturated rings. The summed E-state index contributed by atoms with van der Waals surface area (Å²) in [6.07, 6.45) is 1.42. The molecule has 0 amide bonds. The lowest BCUT2D eigenvalue weighted by molar-refractivity contribution is -0.150. The van der Waals surface area contributed by atoms with Gasteiger partial charge in [0.1, 0.15) is 17.4 Å². The monoisotopic (exact) mass is 571 g/mol. The Morgan fingerprint density at radius 3 is 2.44 bits per heavy atom. The summed E-state index contributed by atoms with van der Waals surface area (Å²) < 4.78 is 47.6. The quantitative estimate of drug-likeness (QED) is 0.448. The summed E-state index contributed by atoms with van der Waals surface area (Å²) in [6, 6.07) is 10.1. The topological polar surface area (TPSA) is 74.6 Å². The van der Waals surface area contributed by atoms with Gasteiger partial charge in [-0.05, 0) is 67.5 Å². The van der Waals surface area contributed by atoms with Gasteiger partial charge in [0.15, 0.2) is 5.60 Å². The third kappa shape index (κ3) is 5.38. The van der Waals surface area contributed by atoms with E-state index in [9.17, 15) is 23.1 Å². The molecule has 4 aliphatic rings. The van der Waals surface area contributed by atoms with Crippen molar-refractivity contribution in [1.82, 2.24) is 9.80 Å². The van der Waals surface area contributed by atoms with E-state index in [2.05, 4.69) is 15.0 Å². The molecule has 6 rings (SSSR count). The summed E-state index contributed by atoms with van der Waals surface area (Å²) in [5.74, 6) is -2.57. The second-order valence-corrected chi connectivity index (χ2v) is 12.4. The van der Waals surface area contributed by atoms with E-state index in [0.29, 0.717) is 64.3 Å². The highest BCUT2D eigenvalue weighted by atomic mass is 19.3. The number of oxime groups is 1. The van der Waals surface area contributed by atoms with Crippen LogP contribution in [0.15, 0.2) is 41.6 Å². The van der Waals surface area contributed by atoms with Gasteiger partial charge in [0.2, 0.25) is 5.92 Å². The van der Waals surface area contributed by atoms with Gasteiger partial charge in [-0.2, -0.15) is 0 Å². The molecule has 1 saturated carbocycles. The van der Waals surface area contributed by atoms with Crippen molar-refractivity contribution in [1.29, 1.82) is 0 Å². The number of benzene rings is 2. The minimum Gasteiger partial charge on any atom is -0.493 e. The summed E-state index contributed by atoms with van der Waals surface area (Å²) in [7, 11) is 0. The number of hydrogen-bond donors (Lipinski definition) is 1. The number of aliphatic carboxylic acids is 1. The summed E-state index contributed by atoms with van der Waals surface area (Å²) in [4.78, 5) is 21.9.